The van der Waals surface area contributed by atoms with Crippen LogP contribution in [-0.2, 0) is 6.61 Å². The lowest BCUT2D eigenvalue weighted by atomic mass is 9.99. The average Bonchev–Trinajstić information content (AvgIpc) is 2.77. The van der Waals surface area contributed by atoms with Crippen LogP contribution < -0.4 is 0 Å². The quantitative estimate of drug-likeness (QED) is 0.674. The Labute approximate surface area is 133 Å². The van der Waals surface area contributed by atoms with Crippen molar-refractivity contribution in [3.05, 3.63) is 45.4 Å². The summed E-state index contributed by atoms with van der Waals surface area (Å²) in [5, 5.41) is 12.2. The fourth-order valence-corrected chi connectivity index (χ4v) is 3.71. The molecule has 0 fully saturated rings. The topological polar surface area (TPSA) is 25.2 Å². The van der Waals surface area contributed by atoms with Gasteiger partial charge in [0.05, 0.1) is 12.1 Å². The highest BCUT2D eigenvalue weighted by Crippen LogP contribution is 2.38. The summed E-state index contributed by atoms with van der Waals surface area (Å²) >= 11 is 3.58. The molecule has 0 amide bonds. The lowest BCUT2D eigenvalue weighted by molar-refractivity contribution is 0.281. The molecule has 21 heavy (non-hydrogen) atoms. The van der Waals surface area contributed by atoms with Crippen molar-refractivity contribution in [2.75, 3.05) is 0 Å². The van der Waals surface area contributed by atoms with Crippen LogP contribution in [0.15, 0.2) is 28.7 Å². The van der Waals surface area contributed by atoms with Crippen LogP contribution in [0.4, 0.5) is 0 Å². The second-order valence-electron chi connectivity index (χ2n) is 5.98. The molecule has 0 atom stereocenters. The van der Waals surface area contributed by atoms with Crippen molar-refractivity contribution in [1.82, 2.24) is 4.57 Å². The van der Waals surface area contributed by atoms with Crippen molar-refractivity contribution in [2.45, 2.75) is 40.3 Å². The molecule has 0 aliphatic heterocycles. The van der Waals surface area contributed by atoms with Gasteiger partial charge in [0.15, 0.2) is 0 Å². The van der Waals surface area contributed by atoms with Gasteiger partial charge in [-0.15, -0.1) is 0 Å². The number of rotatable bonds is 2. The van der Waals surface area contributed by atoms with Gasteiger partial charge in [-0.3, -0.25) is 0 Å². The molecule has 0 unspecified atom stereocenters. The standard InChI is InChI=1S/C18H20BrNO/c1-10(2)20-16-6-5-14(19)8-15(16)17-12(4)13(9-21)7-11(3)18(17)20/h5-8,10,21H,9H2,1-4H3. The number of halogens is 1. The van der Waals surface area contributed by atoms with E-state index in [4.69, 9.17) is 0 Å². The minimum Gasteiger partial charge on any atom is -0.392 e. The van der Waals surface area contributed by atoms with Gasteiger partial charge in [-0.05, 0) is 62.6 Å². The SMILES string of the molecule is Cc1c(CO)cc(C)c2c1c1cc(Br)ccc1n2C(C)C. The molecule has 3 rings (SSSR count). The molecule has 110 valence electrons. The van der Waals surface area contributed by atoms with Gasteiger partial charge < -0.3 is 9.67 Å². The fourth-order valence-electron chi connectivity index (χ4n) is 3.35. The molecule has 1 aromatic heterocycles. The molecule has 3 heteroatoms. The van der Waals surface area contributed by atoms with E-state index < -0.39 is 0 Å². The average molecular weight is 346 g/mol. The maximum atomic E-state index is 9.63. The summed E-state index contributed by atoms with van der Waals surface area (Å²) < 4.78 is 3.49. The fraction of sp³-hybridized carbons (Fsp3) is 0.333. The summed E-state index contributed by atoms with van der Waals surface area (Å²) in [5.41, 5.74) is 5.96. The predicted molar refractivity (Wildman–Crippen MR) is 92.9 cm³/mol. The molecule has 0 saturated carbocycles. The summed E-state index contributed by atoms with van der Waals surface area (Å²) in [6, 6.07) is 8.97. The summed E-state index contributed by atoms with van der Waals surface area (Å²) in [6.45, 7) is 8.77. The molecular weight excluding hydrogens is 326 g/mol. The third-order valence-corrected chi connectivity index (χ3v) is 4.77. The number of aliphatic hydroxyl groups excluding tert-OH is 1. The van der Waals surface area contributed by atoms with Crippen LogP contribution in [0.2, 0.25) is 0 Å². The van der Waals surface area contributed by atoms with E-state index in [2.05, 4.69) is 72.5 Å². The smallest absolute Gasteiger partial charge is 0.0684 e. The Bertz CT molecular complexity index is 846. The van der Waals surface area contributed by atoms with Gasteiger partial charge in [0, 0.05) is 26.8 Å². The number of benzene rings is 2. The van der Waals surface area contributed by atoms with Crippen LogP contribution in [0.3, 0.4) is 0 Å². The van der Waals surface area contributed by atoms with Crippen LogP contribution in [0.5, 0.6) is 0 Å². The van der Waals surface area contributed by atoms with Gasteiger partial charge in [-0.1, -0.05) is 22.0 Å². The molecule has 2 aromatic carbocycles. The minimum absolute atomic E-state index is 0.0883. The summed E-state index contributed by atoms with van der Waals surface area (Å²) in [6.07, 6.45) is 0. The van der Waals surface area contributed by atoms with Gasteiger partial charge in [0.2, 0.25) is 0 Å². The summed E-state index contributed by atoms with van der Waals surface area (Å²) in [7, 11) is 0. The monoisotopic (exact) mass is 345 g/mol. The Morgan fingerprint density at radius 1 is 1.19 bits per heavy atom. The number of aryl methyl sites for hydroxylation is 2. The first-order chi connectivity index (χ1) is 9.95. The zero-order valence-corrected chi connectivity index (χ0v) is 14.5. The predicted octanol–water partition coefficient (Wildman–Crippen LogP) is 5.25. The first kappa shape index (κ1) is 14.6. The van der Waals surface area contributed by atoms with E-state index in [-0.39, 0.29) is 6.61 Å². The molecule has 0 bridgehead atoms. The second-order valence-corrected chi connectivity index (χ2v) is 6.90. The lowest BCUT2D eigenvalue weighted by Crippen LogP contribution is -2.02. The second kappa shape index (κ2) is 5.15. The van der Waals surface area contributed by atoms with Crippen LogP contribution in [0.1, 0.15) is 36.6 Å². The summed E-state index contributed by atoms with van der Waals surface area (Å²) in [4.78, 5) is 0. The van der Waals surface area contributed by atoms with Crippen LogP contribution in [-0.4, -0.2) is 9.67 Å². The van der Waals surface area contributed by atoms with Gasteiger partial charge >= 0.3 is 0 Å². The van der Waals surface area contributed by atoms with E-state index in [1.807, 2.05) is 0 Å². The Hall–Kier alpha value is -1.32. The number of aromatic nitrogens is 1. The third kappa shape index (κ3) is 2.11. The Morgan fingerprint density at radius 2 is 1.90 bits per heavy atom. The van der Waals surface area contributed by atoms with E-state index in [1.165, 1.54) is 32.9 Å². The molecule has 0 radical (unpaired) electrons. The van der Waals surface area contributed by atoms with Gasteiger partial charge in [0.1, 0.15) is 0 Å². The Kier molecular flexibility index (Phi) is 3.58. The van der Waals surface area contributed by atoms with Crippen molar-refractivity contribution in [1.29, 1.82) is 0 Å². The van der Waals surface area contributed by atoms with Crippen molar-refractivity contribution in [3.8, 4) is 0 Å². The first-order valence-corrected chi connectivity index (χ1v) is 8.08. The Balaban J connectivity index is 2.63. The van der Waals surface area contributed by atoms with E-state index in [9.17, 15) is 5.11 Å². The highest BCUT2D eigenvalue weighted by molar-refractivity contribution is 9.10. The maximum Gasteiger partial charge on any atom is 0.0684 e. The van der Waals surface area contributed by atoms with Gasteiger partial charge in [0.25, 0.3) is 0 Å². The Morgan fingerprint density at radius 3 is 2.52 bits per heavy atom. The molecule has 0 spiro atoms. The summed E-state index contributed by atoms with van der Waals surface area (Å²) in [5.74, 6) is 0. The third-order valence-electron chi connectivity index (χ3n) is 4.27. The number of hydrogen-bond donors (Lipinski definition) is 1. The van der Waals surface area contributed by atoms with Crippen molar-refractivity contribution < 1.29 is 5.11 Å². The van der Waals surface area contributed by atoms with E-state index in [0.29, 0.717) is 6.04 Å². The van der Waals surface area contributed by atoms with E-state index in [1.54, 1.807) is 0 Å². The highest BCUT2D eigenvalue weighted by atomic mass is 79.9. The number of aliphatic hydroxyl groups is 1. The molecule has 0 aliphatic rings. The molecule has 2 nitrogen and oxygen atoms in total. The van der Waals surface area contributed by atoms with Crippen molar-refractivity contribution >= 4 is 37.7 Å². The van der Waals surface area contributed by atoms with E-state index in [0.717, 1.165) is 10.0 Å². The number of hydrogen-bond acceptors (Lipinski definition) is 1. The van der Waals surface area contributed by atoms with Crippen molar-refractivity contribution in [3.63, 3.8) is 0 Å². The van der Waals surface area contributed by atoms with Crippen LogP contribution in [0.25, 0.3) is 21.8 Å². The maximum absolute atomic E-state index is 9.63. The highest BCUT2D eigenvalue weighted by Gasteiger charge is 2.18. The van der Waals surface area contributed by atoms with E-state index >= 15 is 0 Å². The first-order valence-electron chi connectivity index (χ1n) is 7.28. The number of nitrogens with zero attached hydrogens (tertiary/aromatic N) is 1. The molecular formula is C18H20BrNO. The normalized spacial score (nSPS) is 12.0. The molecule has 1 N–H and O–H groups in total. The van der Waals surface area contributed by atoms with Crippen LogP contribution >= 0.6 is 15.9 Å². The molecule has 0 saturated heterocycles. The molecule has 3 aromatic rings. The van der Waals surface area contributed by atoms with Crippen molar-refractivity contribution in [2.24, 2.45) is 0 Å². The zero-order valence-electron chi connectivity index (χ0n) is 12.9. The molecule has 0 aliphatic carbocycles. The van der Waals surface area contributed by atoms with Gasteiger partial charge in [-0.25, -0.2) is 0 Å². The minimum atomic E-state index is 0.0883. The molecule has 1 heterocycles. The van der Waals surface area contributed by atoms with Crippen LogP contribution in [0, 0.1) is 13.8 Å². The zero-order chi connectivity index (χ0) is 15.3. The van der Waals surface area contributed by atoms with Gasteiger partial charge in [-0.2, -0.15) is 0 Å². The number of fused-ring (bicyclic) bond motifs is 3. The lowest BCUT2D eigenvalue weighted by Gasteiger charge is -2.14. The largest absolute Gasteiger partial charge is 0.392 e.